The van der Waals surface area contributed by atoms with Crippen molar-refractivity contribution >= 4 is 0 Å². The van der Waals surface area contributed by atoms with Crippen molar-refractivity contribution in [2.45, 2.75) is 76.4 Å². The Balaban J connectivity index is 1.15. The SMILES string of the molecule is CCCCCc1cnc(-c2ccc(C(F)(F)OC3CCC(c4ccc(-c5cc(F)c(F)c(F)c5)cc4)CC3)cc2)nc1. The number of aryl methyl sites for hydroxylation is 1. The van der Waals surface area contributed by atoms with Gasteiger partial charge in [-0.1, -0.05) is 56.2 Å². The van der Waals surface area contributed by atoms with E-state index in [-0.39, 0.29) is 17.0 Å². The molecule has 0 atom stereocenters. The molecule has 1 fully saturated rings. The molecule has 1 aliphatic rings. The fourth-order valence-corrected chi connectivity index (χ4v) is 5.49. The van der Waals surface area contributed by atoms with Crippen molar-refractivity contribution in [3.05, 3.63) is 107 Å². The molecule has 0 N–H and O–H groups in total. The molecule has 220 valence electrons. The van der Waals surface area contributed by atoms with Gasteiger partial charge in [-0.2, -0.15) is 8.78 Å². The molecule has 0 unspecified atom stereocenters. The predicted molar refractivity (Wildman–Crippen MR) is 152 cm³/mol. The fraction of sp³-hybridized carbons (Fsp3) is 0.353. The number of rotatable bonds is 10. The normalized spacial score (nSPS) is 17.4. The lowest BCUT2D eigenvalue weighted by Gasteiger charge is -2.31. The first kappa shape index (κ1) is 29.8. The maximum atomic E-state index is 15.1. The number of unbranched alkanes of at least 4 members (excludes halogenated alkanes) is 2. The van der Waals surface area contributed by atoms with Gasteiger partial charge in [-0.15, -0.1) is 0 Å². The summed E-state index contributed by atoms with van der Waals surface area (Å²) in [7, 11) is 0. The lowest BCUT2D eigenvalue weighted by molar-refractivity contribution is -0.277. The molecule has 8 heteroatoms. The number of halogens is 5. The van der Waals surface area contributed by atoms with Crippen LogP contribution in [0, 0.1) is 17.5 Å². The van der Waals surface area contributed by atoms with E-state index in [1.807, 2.05) is 12.1 Å². The average molecular weight is 581 g/mol. The lowest BCUT2D eigenvalue weighted by atomic mass is 9.82. The summed E-state index contributed by atoms with van der Waals surface area (Å²) < 4.78 is 75.9. The van der Waals surface area contributed by atoms with Gasteiger partial charge in [0, 0.05) is 18.0 Å². The highest BCUT2D eigenvalue weighted by molar-refractivity contribution is 5.64. The van der Waals surface area contributed by atoms with Crippen molar-refractivity contribution in [3.8, 4) is 22.5 Å². The summed E-state index contributed by atoms with van der Waals surface area (Å²) in [5.41, 5.74) is 3.33. The van der Waals surface area contributed by atoms with Crippen molar-refractivity contribution in [2.24, 2.45) is 0 Å². The van der Waals surface area contributed by atoms with Crippen LogP contribution in [-0.4, -0.2) is 16.1 Å². The maximum Gasteiger partial charge on any atom is 0.383 e. The molecule has 3 nitrogen and oxygen atoms in total. The van der Waals surface area contributed by atoms with Gasteiger partial charge in [0.2, 0.25) is 0 Å². The highest BCUT2D eigenvalue weighted by Gasteiger charge is 2.37. The Hall–Kier alpha value is -3.65. The standard InChI is InChI=1S/C34H33F5N2O/c1-2-3-4-5-22-20-40-33(41-21-22)26-10-14-28(15-11-26)34(38,39)42-29-16-12-24(13-17-29)23-6-8-25(9-7-23)27-18-30(35)32(37)31(36)19-27/h6-11,14-15,18-21,24,29H,2-5,12-13,16-17H2,1H3. The van der Waals surface area contributed by atoms with E-state index < -0.39 is 29.7 Å². The van der Waals surface area contributed by atoms with E-state index in [0.717, 1.165) is 48.9 Å². The Kier molecular flexibility index (Phi) is 9.31. The summed E-state index contributed by atoms with van der Waals surface area (Å²) in [6.45, 7) is 2.15. The van der Waals surface area contributed by atoms with Crippen molar-refractivity contribution in [1.82, 2.24) is 9.97 Å². The van der Waals surface area contributed by atoms with Crippen LogP contribution in [0.15, 0.2) is 73.1 Å². The largest absolute Gasteiger partial charge is 0.383 e. The molecule has 0 aliphatic heterocycles. The van der Waals surface area contributed by atoms with Crippen molar-refractivity contribution in [2.75, 3.05) is 0 Å². The molecule has 0 spiro atoms. The number of hydrogen-bond donors (Lipinski definition) is 0. The first-order chi connectivity index (χ1) is 20.2. The van der Waals surface area contributed by atoms with Gasteiger partial charge in [0.05, 0.1) is 11.7 Å². The molecule has 1 aromatic heterocycles. The van der Waals surface area contributed by atoms with Crippen LogP contribution in [0.1, 0.15) is 74.5 Å². The van der Waals surface area contributed by atoms with Crippen LogP contribution in [-0.2, 0) is 17.3 Å². The molecular formula is C34H33F5N2O. The Morgan fingerprint density at radius 1 is 0.762 bits per heavy atom. The third-order valence-corrected chi connectivity index (χ3v) is 7.94. The quantitative estimate of drug-likeness (QED) is 0.106. The third kappa shape index (κ3) is 7.04. The van der Waals surface area contributed by atoms with Crippen LogP contribution in [0.3, 0.4) is 0 Å². The summed E-state index contributed by atoms with van der Waals surface area (Å²) in [5, 5.41) is 0. The number of aromatic nitrogens is 2. The fourth-order valence-electron chi connectivity index (χ4n) is 5.49. The van der Waals surface area contributed by atoms with Crippen LogP contribution in [0.2, 0.25) is 0 Å². The number of alkyl halides is 2. The lowest BCUT2D eigenvalue weighted by Crippen LogP contribution is -2.29. The number of ether oxygens (including phenoxy) is 1. The Morgan fingerprint density at radius 2 is 1.36 bits per heavy atom. The van der Waals surface area contributed by atoms with E-state index in [2.05, 4.69) is 16.9 Å². The summed E-state index contributed by atoms with van der Waals surface area (Å²) in [6.07, 6.45) is 6.19. The smallest absolute Gasteiger partial charge is 0.313 e. The summed E-state index contributed by atoms with van der Waals surface area (Å²) in [5.74, 6) is -3.32. The van der Waals surface area contributed by atoms with Crippen LogP contribution in [0.4, 0.5) is 22.0 Å². The second-order valence-electron chi connectivity index (χ2n) is 10.9. The van der Waals surface area contributed by atoms with Gasteiger partial charge in [-0.25, -0.2) is 23.1 Å². The Morgan fingerprint density at radius 3 is 1.95 bits per heavy atom. The van der Waals surface area contributed by atoms with Crippen molar-refractivity contribution in [1.29, 1.82) is 0 Å². The van der Waals surface area contributed by atoms with Gasteiger partial charge in [0.15, 0.2) is 23.3 Å². The van der Waals surface area contributed by atoms with Crippen molar-refractivity contribution < 1.29 is 26.7 Å². The Labute approximate surface area is 242 Å². The third-order valence-electron chi connectivity index (χ3n) is 7.94. The molecular weight excluding hydrogens is 547 g/mol. The molecule has 0 radical (unpaired) electrons. The van der Waals surface area contributed by atoms with E-state index in [0.29, 0.717) is 42.6 Å². The molecule has 1 heterocycles. The van der Waals surface area contributed by atoms with Gasteiger partial charge in [0.1, 0.15) is 0 Å². The predicted octanol–water partition coefficient (Wildman–Crippen LogP) is 9.75. The molecule has 4 aromatic rings. The number of nitrogens with zero attached hydrogens (tertiary/aromatic N) is 2. The zero-order valence-corrected chi connectivity index (χ0v) is 23.4. The number of benzene rings is 3. The molecule has 1 saturated carbocycles. The van der Waals surface area contributed by atoms with E-state index in [9.17, 15) is 13.2 Å². The molecule has 5 rings (SSSR count). The molecule has 0 bridgehead atoms. The van der Waals surface area contributed by atoms with E-state index in [4.69, 9.17) is 4.74 Å². The minimum atomic E-state index is -3.43. The van der Waals surface area contributed by atoms with Gasteiger partial charge < -0.3 is 4.74 Å². The first-order valence-corrected chi connectivity index (χ1v) is 14.5. The van der Waals surface area contributed by atoms with Gasteiger partial charge in [0.25, 0.3) is 0 Å². The van der Waals surface area contributed by atoms with Gasteiger partial charge in [-0.05, 0) is 91.0 Å². The van der Waals surface area contributed by atoms with Crippen molar-refractivity contribution in [3.63, 3.8) is 0 Å². The Bertz CT molecular complexity index is 1440. The van der Waals surface area contributed by atoms with E-state index >= 15 is 8.78 Å². The molecule has 1 aliphatic carbocycles. The summed E-state index contributed by atoms with van der Waals surface area (Å²) in [4.78, 5) is 8.80. The van der Waals surface area contributed by atoms with Gasteiger partial charge in [-0.3, -0.25) is 0 Å². The second kappa shape index (κ2) is 13.1. The topological polar surface area (TPSA) is 35.0 Å². The second-order valence-corrected chi connectivity index (χ2v) is 10.9. The van der Waals surface area contributed by atoms with Crippen LogP contribution in [0.5, 0.6) is 0 Å². The number of hydrogen-bond acceptors (Lipinski definition) is 3. The minimum absolute atomic E-state index is 0.159. The molecule has 0 amide bonds. The van der Waals surface area contributed by atoms with Crippen LogP contribution < -0.4 is 0 Å². The highest BCUT2D eigenvalue weighted by atomic mass is 19.3. The van der Waals surface area contributed by atoms with Gasteiger partial charge >= 0.3 is 6.11 Å². The molecule has 3 aromatic carbocycles. The van der Waals surface area contributed by atoms with E-state index in [1.54, 1.807) is 36.7 Å². The van der Waals surface area contributed by atoms with Crippen LogP contribution in [0.25, 0.3) is 22.5 Å². The van der Waals surface area contributed by atoms with E-state index in [1.165, 1.54) is 12.1 Å². The summed E-state index contributed by atoms with van der Waals surface area (Å²) >= 11 is 0. The minimum Gasteiger partial charge on any atom is -0.313 e. The summed E-state index contributed by atoms with van der Waals surface area (Å²) in [6, 6.07) is 15.0. The zero-order valence-electron chi connectivity index (χ0n) is 23.4. The highest BCUT2D eigenvalue weighted by Crippen LogP contribution is 2.39. The first-order valence-electron chi connectivity index (χ1n) is 14.5. The maximum absolute atomic E-state index is 15.1. The zero-order chi connectivity index (χ0) is 29.7. The van der Waals surface area contributed by atoms with Crippen LogP contribution >= 0.6 is 0 Å². The molecule has 42 heavy (non-hydrogen) atoms. The monoisotopic (exact) mass is 580 g/mol. The average Bonchev–Trinajstić information content (AvgIpc) is 3.00. The molecule has 0 saturated heterocycles.